The van der Waals surface area contributed by atoms with Crippen LogP contribution < -0.4 is 9.80 Å². The lowest BCUT2D eigenvalue weighted by Gasteiger charge is -2.33. The van der Waals surface area contributed by atoms with Gasteiger partial charge in [0.15, 0.2) is 0 Å². The molecule has 0 bridgehead atoms. The van der Waals surface area contributed by atoms with Gasteiger partial charge in [0.2, 0.25) is 0 Å². The van der Waals surface area contributed by atoms with Crippen LogP contribution in [0.5, 0.6) is 0 Å². The molecule has 2 nitrogen and oxygen atoms in total. The summed E-state index contributed by atoms with van der Waals surface area (Å²) in [6.07, 6.45) is 2.23. The summed E-state index contributed by atoms with van der Waals surface area (Å²) in [5.74, 6) is 0. The van der Waals surface area contributed by atoms with E-state index in [1.807, 2.05) is 0 Å². The standard InChI is InChI=1S/C15H22N2/c1-3-14(2)13-16-9-11-17(12-10-16)15-7-5-4-6-8-15/h3-8H,9-13H2,1-2H3/p+1/b14-3-. The van der Waals surface area contributed by atoms with Crippen molar-refractivity contribution in [1.82, 2.24) is 0 Å². The highest BCUT2D eigenvalue weighted by Crippen LogP contribution is 2.12. The van der Waals surface area contributed by atoms with Gasteiger partial charge >= 0.3 is 0 Å². The van der Waals surface area contributed by atoms with Gasteiger partial charge in [-0.2, -0.15) is 0 Å². The van der Waals surface area contributed by atoms with Crippen LogP contribution in [0, 0.1) is 0 Å². The van der Waals surface area contributed by atoms with E-state index in [0.717, 1.165) is 0 Å². The Morgan fingerprint density at radius 3 is 2.47 bits per heavy atom. The number of hydrogen-bond donors (Lipinski definition) is 1. The Morgan fingerprint density at radius 1 is 1.24 bits per heavy atom. The monoisotopic (exact) mass is 231 g/mol. The highest BCUT2D eigenvalue weighted by atomic mass is 15.3. The maximum Gasteiger partial charge on any atom is 0.0985 e. The number of benzene rings is 1. The number of hydrogen-bond acceptors (Lipinski definition) is 1. The van der Waals surface area contributed by atoms with E-state index in [1.54, 1.807) is 4.90 Å². The lowest BCUT2D eigenvalue weighted by molar-refractivity contribution is -0.895. The Hall–Kier alpha value is -1.28. The van der Waals surface area contributed by atoms with Gasteiger partial charge in [0.05, 0.1) is 32.7 Å². The van der Waals surface area contributed by atoms with Crippen LogP contribution >= 0.6 is 0 Å². The van der Waals surface area contributed by atoms with Gasteiger partial charge in [-0.25, -0.2) is 0 Å². The number of nitrogens with one attached hydrogen (secondary N) is 1. The molecule has 0 saturated carbocycles. The molecule has 1 aliphatic rings. The number of rotatable bonds is 3. The maximum atomic E-state index is 2.49. The fourth-order valence-corrected chi connectivity index (χ4v) is 2.39. The Labute approximate surface area is 105 Å². The average Bonchev–Trinajstić information content (AvgIpc) is 2.40. The number of allylic oxidation sites excluding steroid dienone is 1. The Morgan fingerprint density at radius 2 is 1.88 bits per heavy atom. The van der Waals surface area contributed by atoms with Crippen molar-refractivity contribution in [3.63, 3.8) is 0 Å². The second-order valence-electron chi connectivity index (χ2n) is 4.88. The smallest absolute Gasteiger partial charge is 0.0985 e. The molecular weight excluding hydrogens is 208 g/mol. The molecule has 1 N–H and O–H groups in total. The average molecular weight is 231 g/mol. The van der Waals surface area contributed by atoms with Crippen molar-refractivity contribution in [2.75, 3.05) is 37.6 Å². The van der Waals surface area contributed by atoms with E-state index in [1.165, 1.54) is 44.0 Å². The zero-order valence-electron chi connectivity index (χ0n) is 10.9. The molecule has 1 aromatic carbocycles. The predicted molar refractivity (Wildman–Crippen MR) is 73.6 cm³/mol. The maximum absolute atomic E-state index is 2.49. The molecular formula is C15H23N2+. The summed E-state index contributed by atoms with van der Waals surface area (Å²) in [4.78, 5) is 4.21. The van der Waals surface area contributed by atoms with Crippen LogP contribution in [0.25, 0.3) is 0 Å². The van der Waals surface area contributed by atoms with Crippen LogP contribution in [0.1, 0.15) is 13.8 Å². The van der Waals surface area contributed by atoms with E-state index in [4.69, 9.17) is 0 Å². The molecule has 0 atom stereocenters. The van der Waals surface area contributed by atoms with Crippen molar-refractivity contribution in [1.29, 1.82) is 0 Å². The van der Waals surface area contributed by atoms with Crippen LogP contribution in [0.4, 0.5) is 5.69 Å². The summed E-state index contributed by atoms with van der Waals surface area (Å²) < 4.78 is 0. The van der Waals surface area contributed by atoms with Gasteiger partial charge in [0.1, 0.15) is 0 Å². The van der Waals surface area contributed by atoms with Crippen LogP contribution in [-0.4, -0.2) is 32.7 Å². The summed E-state index contributed by atoms with van der Waals surface area (Å²) in [5, 5.41) is 0. The van der Waals surface area contributed by atoms with Crippen LogP contribution in [0.2, 0.25) is 0 Å². The molecule has 0 aliphatic carbocycles. The molecule has 2 heteroatoms. The predicted octanol–water partition coefficient (Wildman–Crippen LogP) is 1.36. The molecule has 2 rings (SSSR count). The van der Waals surface area contributed by atoms with Crippen LogP contribution in [0.15, 0.2) is 42.0 Å². The highest BCUT2D eigenvalue weighted by molar-refractivity contribution is 5.46. The van der Waals surface area contributed by atoms with Gasteiger partial charge < -0.3 is 9.80 Å². The summed E-state index contributed by atoms with van der Waals surface area (Å²) in [5.41, 5.74) is 2.88. The number of quaternary nitrogens is 1. The first-order valence-corrected chi connectivity index (χ1v) is 6.55. The van der Waals surface area contributed by atoms with Crippen LogP contribution in [-0.2, 0) is 0 Å². The SMILES string of the molecule is C/C=C(/C)C[NH+]1CCN(c2ccccc2)CC1. The first-order valence-electron chi connectivity index (χ1n) is 6.55. The minimum absolute atomic E-state index is 1.18. The molecule has 1 aliphatic heterocycles. The fraction of sp³-hybridized carbons (Fsp3) is 0.467. The minimum atomic E-state index is 1.18. The topological polar surface area (TPSA) is 7.68 Å². The summed E-state index contributed by atoms with van der Waals surface area (Å²) in [6.45, 7) is 10.4. The molecule has 1 saturated heterocycles. The largest absolute Gasteiger partial charge is 0.360 e. The zero-order valence-corrected chi connectivity index (χ0v) is 10.9. The van der Waals surface area contributed by atoms with E-state index in [0.29, 0.717) is 0 Å². The van der Waals surface area contributed by atoms with Gasteiger partial charge in [-0.15, -0.1) is 0 Å². The first-order chi connectivity index (χ1) is 8.29. The van der Waals surface area contributed by atoms with Gasteiger partial charge in [-0.1, -0.05) is 24.3 Å². The Bertz CT molecular complexity index is 362. The third-order valence-electron chi connectivity index (χ3n) is 3.61. The quantitative estimate of drug-likeness (QED) is 0.772. The number of nitrogens with zero attached hydrogens (tertiary/aromatic N) is 1. The number of anilines is 1. The van der Waals surface area contributed by atoms with Crippen molar-refractivity contribution in [2.45, 2.75) is 13.8 Å². The van der Waals surface area contributed by atoms with Gasteiger partial charge in [-0.3, -0.25) is 0 Å². The van der Waals surface area contributed by atoms with Crippen LogP contribution in [0.3, 0.4) is 0 Å². The molecule has 1 fully saturated rings. The van der Waals surface area contributed by atoms with E-state index in [9.17, 15) is 0 Å². The Kier molecular flexibility index (Phi) is 4.21. The molecule has 1 aromatic rings. The zero-order chi connectivity index (χ0) is 12.1. The fourth-order valence-electron chi connectivity index (χ4n) is 2.39. The molecule has 0 radical (unpaired) electrons. The number of piperazine rings is 1. The molecule has 0 spiro atoms. The molecule has 0 aromatic heterocycles. The number of para-hydroxylation sites is 1. The van der Waals surface area contributed by atoms with E-state index in [2.05, 4.69) is 55.2 Å². The molecule has 0 amide bonds. The van der Waals surface area contributed by atoms with Crippen molar-refractivity contribution in [3.8, 4) is 0 Å². The van der Waals surface area contributed by atoms with E-state index in [-0.39, 0.29) is 0 Å². The summed E-state index contributed by atoms with van der Waals surface area (Å²) in [7, 11) is 0. The van der Waals surface area contributed by atoms with E-state index >= 15 is 0 Å². The molecule has 1 heterocycles. The van der Waals surface area contributed by atoms with Crippen molar-refractivity contribution in [2.24, 2.45) is 0 Å². The third kappa shape index (κ3) is 3.34. The molecule has 17 heavy (non-hydrogen) atoms. The van der Waals surface area contributed by atoms with Crippen molar-refractivity contribution < 1.29 is 4.90 Å². The normalized spacial score (nSPS) is 18.5. The molecule has 0 unspecified atom stereocenters. The van der Waals surface area contributed by atoms with Gasteiger partial charge in [0, 0.05) is 5.69 Å². The third-order valence-corrected chi connectivity index (χ3v) is 3.61. The van der Waals surface area contributed by atoms with Gasteiger partial charge in [-0.05, 0) is 31.6 Å². The van der Waals surface area contributed by atoms with E-state index < -0.39 is 0 Å². The Balaban J connectivity index is 1.86. The summed E-state index contributed by atoms with van der Waals surface area (Å²) in [6, 6.07) is 10.8. The van der Waals surface area contributed by atoms with Crippen molar-refractivity contribution >= 4 is 5.69 Å². The van der Waals surface area contributed by atoms with Crippen molar-refractivity contribution in [3.05, 3.63) is 42.0 Å². The highest BCUT2D eigenvalue weighted by Gasteiger charge is 2.19. The summed E-state index contributed by atoms with van der Waals surface area (Å²) >= 11 is 0. The minimum Gasteiger partial charge on any atom is -0.360 e. The van der Waals surface area contributed by atoms with Gasteiger partial charge in [0.25, 0.3) is 0 Å². The second kappa shape index (κ2) is 5.87. The second-order valence-corrected chi connectivity index (χ2v) is 4.88. The lowest BCUT2D eigenvalue weighted by Crippen LogP contribution is -3.15. The molecule has 92 valence electrons. The first kappa shape index (κ1) is 12.2. The lowest BCUT2D eigenvalue weighted by atomic mass is 10.2.